The number of para-hydroxylation sites is 2. The minimum absolute atomic E-state index is 0.0608. The molecule has 3 aliphatic rings. The fraction of sp³-hybridized carbons (Fsp3) is 0.216. The molecule has 2 amide bonds. The number of phenols is 1. The van der Waals surface area contributed by atoms with Crippen molar-refractivity contribution in [1.29, 1.82) is 0 Å². The van der Waals surface area contributed by atoms with E-state index in [2.05, 4.69) is 10.4 Å². The molecule has 0 radical (unpaired) electrons. The van der Waals surface area contributed by atoms with Crippen LogP contribution in [0, 0.1) is 5.92 Å². The summed E-state index contributed by atoms with van der Waals surface area (Å²) in [6, 6.07) is 18.8. The van der Waals surface area contributed by atoms with Gasteiger partial charge in [-0.1, -0.05) is 71.7 Å². The Hall–Kier alpha value is -5.80. The van der Waals surface area contributed by atoms with Crippen molar-refractivity contribution in [3.8, 4) is 17.2 Å². The van der Waals surface area contributed by atoms with Gasteiger partial charge >= 0.3 is 17.6 Å². The molecule has 4 heterocycles. The summed E-state index contributed by atoms with van der Waals surface area (Å²) in [6.45, 7) is -0.0997. The smallest absolute Gasteiger partial charge is 0.417 e. The van der Waals surface area contributed by atoms with Crippen molar-refractivity contribution >= 4 is 40.8 Å². The predicted octanol–water partition coefficient (Wildman–Crippen LogP) is 5.85. The van der Waals surface area contributed by atoms with E-state index in [0.29, 0.717) is 39.1 Å². The van der Waals surface area contributed by atoms with Crippen LogP contribution in [-0.2, 0) is 27.7 Å². The minimum atomic E-state index is -4.77. The van der Waals surface area contributed by atoms with Crippen LogP contribution in [-0.4, -0.2) is 48.0 Å². The number of hydrogen-bond donors (Lipinski definition) is 2. The average molecular weight is 780 g/mol. The zero-order valence-corrected chi connectivity index (χ0v) is 29.4. The van der Waals surface area contributed by atoms with Crippen LogP contribution in [0.5, 0.6) is 11.5 Å². The number of methoxy groups -OCH3 is 1. The van der Waals surface area contributed by atoms with Gasteiger partial charge in [-0.15, -0.1) is 0 Å². The van der Waals surface area contributed by atoms with Gasteiger partial charge in [0.2, 0.25) is 0 Å². The number of ether oxygens (including phenoxy) is 1. The number of pyridine rings is 1. The van der Waals surface area contributed by atoms with Gasteiger partial charge in [-0.3, -0.25) is 15.0 Å². The monoisotopic (exact) mass is 778 g/mol. The predicted molar refractivity (Wildman–Crippen MR) is 190 cm³/mol. The van der Waals surface area contributed by atoms with Crippen molar-refractivity contribution in [3.63, 3.8) is 0 Å². The lowest BCUT2D eigenvalue weighted by Gasteiger charge is -2.49. The SMILES string of the molecule is COc1cccc(C2C3=CCn4c(=O)n(-c5ccccc5)c(=O)n4C3CC3C(=O)N(Nc4ncc(C(F)(F)F)cc4Cl)C(=O)C32c2ccc(Cl)cc2)c1O. The summed E-state index contributed by atoms with van der Waals surface area (Å²) in [4.78, 5) is 61.9. The Kier molecular flexibility index (Phi) is 8.26. The zero-order valence-electron chi connectivity index (χ0n) is 27.9. The molecule has 2 fully saturated rings. The van der Waals surface area contributed by atoms with Gasteiger partial charge in [0.15, 0.2) is 17.3 Å². The second-order valence-electron chi connectivity index (χ2n) is 13.0. The van der Waals surface area contributed by atoms with E-state index < -0.39 is 69.1 Å². The number of nitrogens with one attached hydrogen (secondary N) is 1. The number of hydrogen-bond acceptors (Lipinski definition) is 8. The molecule has 1 aliphatic carbocycles. The number of imide groups is 1. The van der Waals surface area contributed by atoms with Crippen molar-refractivity contribution in [2.45, 2.75) is 36.5 Å². The van der Waals surface area contributed by atoms with Crippen molar-refractivity contribution in [3.05, 3.63) is 144 Å². The molecule has 0 bridgehead atoms. The molecule has 4 atom stereocenters. The number of alkyl halides is 3. The van der Waals surface area contributed by atoms with Crippen LogP contribution in [0.2, 0.25) is 10.0 Å². The Morgan fingerprint density at radius 3 is 2.35 bits per heavy atom. The molecular weight excluding hydrogens is 752 g/mol. The summed E-state index contributed by atoms with van der Waals surface area (Å²) in [5.74, 6) is -4.85. The van der Waals surface area contributed by atoms with Crippen LogP contribution < -0.4 is 21.5 Å². The van der Waals surface area contributed by atoms with E-state index >= 15 is 4.79 Å². The number of phenolic OH excluding ortho intramolecular Hbond substituents is 1. The molecular formula is C37H27Cl2F3N6O6. The maximum absolute atomic E-state index is 15.3. The normalized spacial score (nSPS) is 22.0. The Morgan fingerprint density at radius 2 is 1.69 bits per heavy atom. The molecule has 8 rings (SSSR count). The summed E-state index contributed by atoms with van der Waals surface area (Å²) >= 11 is 12.5. The number of allylic oxidation sites excluding steroid dienone is 2. The number of aromatic nitrogens is 4. The number of carbonyl (C=O) groups excluding carboxylic acids is 2. The molecule has 1 saturated carbocycles. The second kappa shape index (κ2) is 12.7. The van der Waals surface area contributed by atoms with Crippen LogP contribution in [0.25, 0.3) is 5.69 Å². The number of fused-ring (bicyclic) bond motifs is 4. The minimum Gasteiger partial charge on any atom is -0.504 e. The number of halogens is 5. The molecule has 12 nitrogen and oxygen atoms in total. The van der Waals surface area contributed by atoms with Gasteiger partial charge in [0.25, 0.3) is 11.8 Å². The quantitative estimate of drug-likeness (QED) is 0.162. The third-order valence-electron chi connectivity index (χ3n) is 10.4. The molecule has 3 aromatic carbocycles. The average Bonchev–Trinajstić information content (AvgIpc) is 3.53. The number of aromatic hydroxyl groups is 1. The first kappa shape index (κ1) is 35.2. The topological polar surface area (TPSA) is 141 Å². The zero-order chi connectivity index (χ0) is 38.3. The number of carbonyl (C=O) groups is 2. The molecule has 2 aliphatic heterocycles. The fourth-order valence-electron chi connectivity index (χ4n) is 8.12. The lowest BCUT2D eigenvalue weighted by atomic mass is 9.53. The molecule has 54 heavy (non-hydrogen) atoms. The van der Waals surface area contributed by atoms with E-state index in [1.807, 2.05) is 0 Å². The van der Waals surface area contributed by atoms with Crippen molar-refractivity contribution < 1.29 is 32.6 Å². The fourth-order valence-corrected chi connectivity index (χ4v) is 8.46. The highest BCUT2D eigenvalue weighted by atomic mass is 35.5. The van der Waals surface area contributed by atoms with E-state index in [-0.39, 0.29) is 30.0 Å². The number of amides is 2. The standard InChI is InChI=1S/C37H27Cl2F3N6O6/c1-54-28-9-5-8-24(30(28)49)29-23-14-15-45-34(52)46(22-6-3-2-4-7-22)35(53)48(45)27(23)17-25-32(50)47(33(51)36(25,29)19-10-12-21(38)13-11-19)44-31-26(39)16-20(18-43-31)37(40,41)42/h2-14,16,18,25,27,29,49H,15,17H2,1H3,(H,43,44). The van der Waals surface area contributed by atoms with E-state index in [1.54, 1.807) is 60.7 Å². The molecule has 0 spiro atoms. The first-order valence-corrected chi connectivity index (χ1v) is 17.2. The number of benzene rings is 3. The Balaban J connectivity index is 1.37. The summed E-state index contributed by atoms with van der Waals surface area (Å²) < 4.78 is 49.4. The molecule has 276 valence electrons. The number of nitrogens with zero attached hydrogens (tertiary/aromatic N) is 5. The van der Waals surface area contributed by atoms with Gasteiger partial charge in [0.05, 0.1) is 47.3 Å². The molecule has 2 N–H and O–H groups in total. The summed E-state index contributed by atoms with van der Waals surface area (Å²) in [5, 5.41) is 12.2. The lowest BCUT2D eigenvalue weighted by molar-refractivity contribution is -0.139. The Labute approximate surface area is 313 Å². The molecule has 2 aromatic heterocycles. The van der Waals surface area contributed by atoms with Crippen LogP contribution in [0.4, 0.5) is 19.0 Å². The van der Waals surface area contributed by atoms with E-state index in [9.17, 15) is 32.7 Å². The molecule has 17 heteroatoms. The Morgan fingerprint density at radius 1 is 0.963 bits per heavy atom. The van der Waals surface area contributed by atoms with Crippen LogP contribution in [0.1, 0.15) is 35.1 Å². The van der Waals surface area contributed by atoms with Gasteiger partial charge in [-0.2, -0.15) is 18.2 Å². The first-order valence-electron chi connectivity index (χ1n) is 16.5. The van der Waals surface area contributed by atoms with Gasteiger partial charge < -0.3 is 9.84 Å². The largest absolute Gasteiger partial charge is 0.504 e. The molecule has 4 unspecified atom stereocenters. The number of anilines is 1. The van der Waals surface area contributed by atoms with Crippen molar-refractivity contribution in [2.24, 2.45) is 5.92 Å². The summed E-state index contributed by atoms with van der Waals surface area (Å²) in [7, 11) is 1.35. The van der Waals surface area contributed by atoms with Crippen LogP contribution in [0.15, 0.2) is 106 Å². The number of hydrazine groups is 1. The second-order valence-corrected chi connectivity index (χ2v) is 13.9. The third-order valence-corrected chi connectivity index (χ3v) is 10.9. The first-order chi connectivity index (χ1) is 25.8. The van der Waals surface area contributed by atoms with Crippen LogP contribution >= 0.6 is 23.2 Å². The molecule has 1 saturated heterocycles. The molecule has 5 aromatic rings. The van der Waals surface area contributed by atoms with Gasteiger partial charge in [0.1, 0.15) is 0 Å². The maximum Gasteiger partial charge on any atom is 0.417 e. The van der Waals surface area contributed by atoms with Gasteiger partial charge in [-0.25, -0.2) is 28.5 Å². The Bertz CT molecular complexity index is 2520. The summed E-state index contributed by atoms with van der Waals surface area (Å²) in [5.41, 5.74) is -0.510. The summed E-state index contributed by atoms with van der Waals surface area (Å²) in [6.07, 6.45) is -2.73. The van der Waals surface area contributed by atoms with E-state index in [0.717, 1.165) is 4.57 Å². The van der Waals surface area contributed by atoms with Crippen LogP contribution in [0.3, 0.4) is 0 Å². The lowest BCUT2D eigenvalue weighted by Crippen LogP contribution is -2.53. The maximum atomic E-state index is 15.3. The highest BCUT2D eigenvalue weighted by Crippen LogP contribution is 2.63. The van der Waals surface area contributed by atoms with E-state index in [4.69, 9.17) is 27.9 Å². The van der Waals surface area contributed by atoms with Gasteiger partial charge in [0, 0.05) is 22.7 Å². The third kappa shape index (κ3) is 5.09. The highest BCUT2D eigenvalue weighted by Gasteiger charge is 2.69. The van der Waals surface area contributed by atoms with Crippen molar-refractivity contribution in [1.82, 2.24) is 23.9 Å². The number of rotatable bonds is 6. The van der Waals surface area contributed by atoms with Gasteiger partial charge in [-0.05, 0) is 54.0 Å². The van der Waals surface area contributed by atoms with E-state index in [1.165, 1.54) is 34.7 Å². The highest BCUT2D eigenvalue weighted by molar-refractivity contribution is 6.33. The van der Waals surface area contributed by atoms with Crippen molar-refractivity contribution in [2.75, 3.05) is 12.5 Å².